The largest absolute Gasteiger partial charge is 0.363 e. The van der Waals surface area contributed by atoms with Crippen molar-refractivity contribution in [2.45, 2.75) is 25.4 Å². The highest BCUT2D eigenvalue weighted by Crippen LogP contribution is 2.24. The molecule has 0 amide bonds. The number of halogens is 1. The van der Waals surface area contributed by atoms with E-state index in [1.165, 1.54) is 11.1 Å². The second-order valence-electron chi connectivity index (χ2n) is 6.17. The highest BCUT2D eigenvalue weighted by molar-refractivity contribution is 14.0. The number of nitrogens with one attached hydrogen (secondary N) is 2. The monoisotopic (exact) mass is 501 g/mol. The third kappa shape index (κ3) is 5.80. The van der Waals surface area contributed by atoms with Gasteiger partial charge in [0.25, 0.3) is 5.69 Å². The van der Waals surface area contributed by atoms with E-state index < -0.39 is 0 Å². The van der Waals surface area contributed by atoms with E-state index in [1.807, 2.05) is 0 Å². The van der Waals surface area contributed by atoms with Crippen molar-refractivity contribution in [1.29, 1.82) is 0 Å². The molecular weight excluding hydrogens is 477 g/mol. The smallest absolute Gasteiger partial charge is 0.274 e. The van der Waals surface area contributed by atoms with Gasteiger partial charge in [0.15, 0.2) is 5.96 Å². The predicted molar refractivity (Wildman–Crippen MR) is 121 cm³/mol. The number of hydrogen-bond donors (Lipinski definition) is 2. The van der Waals surface area contributed by atoms with Gasteiger partial charge in [-0.1, -0.05) is 18.2 Å². The van der Waals surface area contributed by atoms with Crippen LogP contribution in [0.15, 0.2) is 46.8 Å². The zero-order valence-electron chi connectivity index (χ0n) is 15.1. The molecule has 7 nitrogen and oxygen atoms in total. The van der Waals surface area contributed by atoms with Crippen LogP contribution in [0.2, 0.25) is 0 Å². The van der Waals surface area contributed by atoms with Crippen LogP contribution in [0.25, 0.3) is 0 Å². The fourth-order valence-electron chi connectivity index (χ4n) is 3.10. The van der Waals surface area contributed by atoms with Gasteiger partial charge in [-0.15, -0.1) is 35.3 Å². The average Bonchev–Trinajstić information content (AvgIpc) is 3.20. The molecule has 0 aliphatic carbocycles. The summed E-state index contributed by atoms with van der Waals surface area (Å²) < 4.78 is 0. The lowest BCUT2D eigenvalue weighted by Crippen LogP contribution is -2.48. The minimum atomic E-state index is -0.354. The molecule has 1 saturated heterocycles. The Labute approximate surface area is 180 Å². The van der Waals surface area contributed by atoms with E-state index in [0.717, 1.165) is 25.9 Å². The van der Waals surface area contributed by atoms with Gasteiger partial charge in [0.2, 0.25) is 0 Å². The maximum absolute atomic E-state index is 11.1. The second kappa shape index (κ2) is 10.5. The van der Waals surface area contributed by atoms with Crippen molar-refractivity contribution in [3.63, 3.8) is 0 Å². The van der Waals surface area contributed by atoms with Crippen molar-refractivity contribution in [2.24, 2.45) is 4.99 Å². The Bertz CT molecular complexity index is 761. The van der Waals surface area contributed by atoms with E-state index in [2.05, 4.69) is 38.0 Å². The quantitative estimate of drug-likeness (QED) is 0.215. The number of rotatable bonds is 5. The first kappa shape index (κ1) is 21.4. The summed E-state index contributed by atoms with van der Waals surface area (Å²) >= 11 is 1.77. The van der Waals surface area contributed by atoms with Crippen molar-refractivity contribution >= 4 is 52.0 Å². The summed E-state index contributed by atoms with van der Waals surface area (Å²) in [6.07, 6.45) is 2.06. The molecule has 0 spiro atoms. The van der Waals surface area contributed by atoms with Crippen LogP contribution in [0.4, 0.5) is 10.7 Å². The fraction of sp³-hybridized carbons (Fsp3) is 0.389. The Morgan fingerprint density at radius 3 is 2.67 bits per heavy atom. The van der Waals surface area contributed by atoms with E-state index in [0.29, 0.717) is 24.1 Å². The number of benzene rings is 1. The molecule has 27 heavy (non-hydrogen) atoms. The van der Waals surface area contributed by atoms with Crippen molar-refractivity contribution < 1.29 is 4.92 Å². The molecule has 1 aromatic carbocycles. The number of nitrogens with zero attached hydrogens (tertiary/aromatic N) is 3. The first-order chi connectivity index (χ1) is 12.7. The summed E-state index contributed by atoms with van der Waals surface area (Å²) in [5, 5.41) is 21.2. The Kier molecular flexibility index (Phi) is 8.29. The van der Waals surface area contributed by atoms with Crippen molar-refractivity contribution in [1.82, 2.24) is 10.6 Å². The van der Waals surface area contributed by atoms with Gasteiger partial charge in [0.05, 0.1) is 9.92 Å². The molecule has 0 radical (unpaired) electrons. The molecule has 1 aromatic heterocycles. The summed E-state index contributed by atoms with van der Waals surface area (Å²) in [5.41, 5.74) is 0.771. The Hall–Kier alpha value is -1.88. The van der Waals surface area contributed by atoms with Gasteiger partial charge < -0.3 is 15.5 Å². The minimum absolute atomic E-state index is 0. The number of guanidine groups is 1. The van der Waals surface area contributed by atoms with Gasteiger partial charge in [-0.05, 0) is 30.4 Å². The zero-order chi connectivity index (χ0) is 18.4. The van der Waals surface area contributed by atoms with Crippen molar-refractivity contribution in [3.8, 4) is 0 Å². The summed E-state index contributed by atoms with van der Waals surface area (Å²) in [5.74, 6) is 0.678. The summed E-state index contributed by atoms with van der Waals surface area (Å²) in [7, 11) is 1.72. The summed E-state index contributed by atoms with van der Waals surface area (Å²) in [4.78, 5) is 17.4. The molecule has 3 rings (SSSR count). The first-order valence-corrected chi connectivity index (χ1v) is 9.53. The SMILES string of the molecule is CN=C(NCc1ccccc1[N+](=O)[O-])NC1CCN(c2cccs2)CC1.I. The number of aliphatic imine (C=N–C) groups is 1. The molecule has 2 heterocycles. The summed E-state index contributed by atoms with van der Waals surface area (Å²) in [6, 6.07) is 11.4. The Balaban J connectivity index is 0.00000261. The number of nitro benzene ring substituents is 1. The van der Waals surface area contributed by atoms with E-state index in [9.17, 15) is 10.1 Å². The van der Waals surface area contributed by atoms with Crippen LogP contribution in [0.5, 0.6) is 0 Å². The van der Waals surface area contributed by atoms with Gasteiger partial charge in [-0.2, -0.15) is 0 Å². The maximum Gasteiger partial charge on any atom is 0.274 e. The molecule has 0 bridgehead atoms. The Morgan fingerprint density at radius 1 is 1.30 bits per heavy atom. The van der Waals surface area contributed by atoms with Crippen LogP contribution >= 0.6 is 35.3 Å². The van der Waals surface area contributed by atoms with Crippen LogP contribution in [0.1, 0.15) is 18.4 Å². The van der Waals surface area contributed by atoms with Gasteiger partial charge >= 0.3 is 0 Å². The number of thiophene rings is 1. The van der Waals surface area contributed by atoms with Crippen LogP contribution < -0.4 is 15.5 Å². The van der Waals surface area contributed by atoms with E-state index in [-0.39, 0.29) is 34.6 Å². The van der Waals surface area contributed by atoms with Gasteiger partial charge in [-0.3, -0.25) is 15.1 Å². The molecule has 0 atom stereocenters. The van der Waals surface area contributed by atoms with E-state index >= 15 is 0 Å². The summed E-state index contributed by atoms with van der Waals surface area (Å²) in [6.45, 7) is 2.39. The molecule has 9 heteroatoms. The third-order valence-corrected chi connectivity index (χ3v) is 5.44. The number of piperidine rings is 1. The molecule has 2 aromatic rings. The second-order valence-corrected chi connectivity index (χ2v) is 7.09. The molecule has 146 valence electrons. The maximum atomic E-state index is 11.1. The number of nitro groups is 1. The molecule has 0 saturated carbocycles. The van der Waals surface area contributed by atoms with Gasteiger partial charge in [0, 0.05) is 44.4 Å². The number of para-hydroxylation sites is 1. The van der Waals surface area contributed by atoms with E-state index in [1.54, 1.807) is 36.6 Å². The standard InChI is InChI=1S/C18H23N5O2S.HI/c1-19-18(20-13-14-5-2-3-6-16(14)23(24)25)21-15-8-10-22(11-9-15)17-7-4-12-26-17;/h2-7,12,15H,8-11,13H2,1H3,(H2,19,20,21);1H. The molecule has 1 aliphatic heterocycles. The van der Waals surface area contributed by atoms with Crippen LogP contribution in [-0.4, -0.2) is 37.1 Å². The molecule has 2 N–H and O–H groups in total. The first-order valence-electron chi connectivity index (χ1n) is 8.65. The normalized spacial score (nSPS) is 15.1. The highest BCUT2D eigenvalue weighted by Gasteiger charge is 2.21. The molecule has 1 fully saturated rings. The minimum Gasteiger partial charge on any atom is -0.363 e. The average molecular weight is 501 g/mol. The number of anilines is 1. The van der Waals surface area contributed by atoms with Gasteiger partial charge in [0.1, 0.15) is 0 Å². The highest BCUT2D eigenvalue weighted by atomic mass is 127. The lowest BCUT2D eigenvalue weighted by Gasteiger charge is -2.33. The lowest BCUT2D eigenvalue weighted by molar-refractivity contribution is -0.385. The van der Waals surface area contributed by atoms with Crippen LogP contribution in [-0.2, 0) is 6.54 Å². The van der Waals surface area contributed by atoms with Crippen LogP contribution in [0, 0.1) is 10.1 Å². The lowest BCUT2D eigenvalue weighted by atomic mass is 10.1. The fourth-order valence-corrected chi connectivity index (χ4v) is 3.88. The molecule has 1 aliphatic rings. The molecule has 0 unspecified atom stereocenters. The van der Waals surface area contributed by atoms with Crippen molar-refractivity contribution in [2.75, 3.05) is 25.0 Å². The molecular formula is C18H24IN5O2S. The van der Waals surface area contributed by atoms with Crippen molar-refractivity contribution in [3.05, 3.63) is 57.5 Å². The predicted octanol–water partition coefficient (Wildman–Crippen LogP) is 3.61. The topological polar surface area (TPSA) is 82.8 Å². The Morgan fingerprint density at radius 2 is 2.04 bits per heavy atom. The van der Waals surface area contributed by atoms with E-state index in [4.69, 9.17) is 0 Å². The van der Waals surface area contributed by atoms with Crippen LogP contribution in [0.3, 0.4) is 0 Å². The number of hydrogen-bond acceptors (Lipinski definition) is 5. The third-order valence-electron chi connectivity index (χ3n) is 4.51. The van der Waals surface area contributed by atoms with Gasteiger partial charge in [-0.25, -0.2) is 0 Å². The zero-order valence-corrected chi connectivity index (χ0v) is 18.3.